The first-order valence-electron chi connectivity index (χ1n) is 5.00. The molecule has 90 valence electrons. The van der Waals surface area contributed by atoms with Gasteiger partial charge in [0.2, 0.25) is 0 Å². The second-order valence-electron chi connectivity index (χ2n) is 3.58. The van der Waals surface area contributed by atoms with Crippen LogP contribution < -0.4 is 4.74 Å². The highest BCUT2D eigenvalue weighted by atomic mass is 19.1. The Kier molecular flexibility index (Phi) is 3.06. The predicted molar refractivity (Wildman–Crippen MR) is 58.0 cm³/mol. The molecule has 5 nitrogen and oxygen atoms in total. The molecule has 0 aliphatic carbocycles. The van der Waals surface area contributed by atoms with Gasteiger partial charge in [-0.1, -0.05) is 17.3 Å². The van der Waals surface area contributed by atoms with Gasteiger partial charge in [0.15, 0.2) is 11.6 Å². The molecule has 0 amide bonds. The highest BCUT2D eigenvalue weighted by molar-refractivity contribution is 5.34. The van der Waals surface area contributed by atoms with E-state index < -0.39 is 11.9 Å². The molecule has 17 heavy (non-hydrogen) atoms. The number of nitrogens with zero attached hydrogens (tertiary/aromatic N) is 3. The third-order valence-corrected chi connectivity index (χ3v) is 2.41. The molecule has 1 unspecified atom stereocenters. The van der Waals surface area contributed by atoms with Crippen molar-refractivity contribution >= 4 is 0 Å². The number of benzene rings is 1. The molecule has 0 radical (unpaired) electrons. The predicted octanol–water partition coefficient (Wildman–Crippen LogP) is 1.04. The number of methoxy groups -OCH3 is 1. The van der Waals surface area contributed by atoms with E-state index in [1.807, 2.05) is 0 Å². The molecule has 1 heterocycles. The van der Waals surface area contributed by atoms with E-state index in [4.69, 9.17) is 4.74 Å². The van der Waals surface area contributed by atoms with Gasteiger partial charge in [0, 0.05) is 12.6 Å². The SMILES string of the molecule is COc1cccc(C(O)c2cn(C)nn2)c1F. The van der Waals surface area contributed by atoms with Gasteiger partial charge < -0.3 is 9.84 Å². The maximum atomic E-state index is 13.9. The fourth-order valence-electron chi connectivity index (χ4n) is 1.55. The van der Waals surface area contributed by atoms with Gasteiger partial charge in [-0.15, -0.1) is 5.10 Å². The molecule has 2 rings (SSSR count). The third-order valence-electron chi connectivity index (χ3n) is 2.41. The number of aryl methyl sites for hydroxylation is 1. The number of aromatic nitrogens is 3. The zero-order valence-electron chi connectivity index (χ0n) is 9.46. The Morgan fingerprint density at radius 2 is 2.24 bits per heavy atom. The van der Waals surface area contributed by atoms with Crippen molar-refractivity contribution < 1.29 is 14.2 Å². The van der Waals surface area contributed by atoms with Gasteiger partial charge in [0.25, 0.3) is 0 Å². The average Bonchev–Trinajstić information content (AvgIpc) is 2.75. The quantitative estimate of drug-likeness (QED) is 0.866. The molecule has 0 spiro atoms. The minimum atomic E-state index is -1.15. The number of ether oxygens (including phenoxy) is 1. The maximum Gasteiger partial charge on any atom is 0.171 e. The van der Waals surface area contributed by atoms with Crippen LogP contribution >= 0.6 is 0 Å². The van der Waals surface area contributed by atoms with Gasteiger partial charge in [0.05, 0.1) is 13.3 Å². The van der Waals surface area contributed by atoms with Crippen LogP contribution in [0.4, 0.5) is 4.39 Å². The first-order chi connectivity index (χ1) is 8.13. The van der Waals surface area contributed by atoms with Gasteiger partial charge in [-0.25, -0.2) is 4.39 Å². The summed E-state index contributed by atoms with van der Waals surface area (Å²) in [7, 11) is 3.04. The number of rotatable bonds is 3. The summed E-state index contributed by atoms with van der Waals surface area (Å²) in [4.78, 5) is 0. The van der Waals surface area contributed by atoms with Crippen LogP contribution in [0.25, 0.3) is 0 Å². The molecule has 0 bridgehead atoms. The molecule has 2 aromatic rings. The second-order valence-corrected chi connectivity index (χ2v) is 3.58. The highest BCUT2D eigenvalue weighted by Gasteiger charge is 2.20. The fourth-order valence-corrected chi connectivity index (χ4v) is 1.55. The lowest BCUT2D eigenvalue weighted by Gasteiger charge is -2.11. The summed E-state index contributed by atoms with van der Waals surface area (Å²) in [5, 5.41) is 17.4. The van der Waals surface area contributed by atoms with Crippen LogP contribution in [0.3, 0.4) is 0 Å². The molecule has 6 heteroatoms. The Morgan fingerprint density at radius 3 is 2.82 bits per heavy atom. The maximum absolute atomic E-state index is 13.9. The average molecular weight is 237 g/mol. The largest absolute Gasteiger partial charge is 0.494 e. The van der Waals surface area contributed by atoms with Crippen molar-refractivity contribution in [1.82, 2.24) is 15.0 Å². The summed E-state index contributed by atoms with van der Waals surface area (Å²) in [6.07, 6.45) is 0.377. The van der Waals surface area contributed by atoms with Crippen molar-refractivity contribution in [3.05, 3.63) is 41.5 Å². The Morgan fingerprint density at radius 1 is 1.47 bits per heavy atom. The van der Waals surface area contributed by atoms with Crippen molar-refractivity contribution in [3.63, 3.8) is 0 Å². The molecule has 0 fully saturated rings. The number of halogens is 1. The monoisotopic (exact) mass is 237 g/mol. The van der Waals surface area contributed by atoms with Crippen LogP contribution in [0.15, 0.2) is 24.4 Å². The van der Waals surface area contributed by atoms with Crippen LogP contribution in [-0.4, -0.2) is 27.2 Å². The first-order valence-corrected chi connectivity index (χ1v) is 5.00. The fraction of sp³-hybridized carbons (Fsp3) is 0.273. The van der Waals surface area contributed by atoms with Crippen molar-refractivity contribution in [3.8, 4) is 5.75 Å². The van der Waals surface area contributed by atoms with Gasteiger partial charge in [-0.2, -0.15) is 0 Å². The third kappa shape index (κ3) is 2.12. The summed E-state index contributed by atoms with van der Waals surface area (Å²) < 4.78 is 20.2. The number of aliphatic hydroxyl groups excluding tert-OH is 1. The number of hydrogen-bond donors (Lipinski definition) is 1. The highest BCUT2D eigenvalue weighted by Crippen LogP contribution is 2.27. The normalized spacial score (nSPS) is 12.5. The van der Waals surface area contributed by atoms with Crippen molar-refractivity contribution in [2.75, 3.05) is 7.11 Å². The Balaban J connectivity index is 2.40. The van der Waals surface area contributed by atoms with Crippen LogP contribution in [0.5, 0.6) is 5.75 Å². The Bertz CT molecular complexity index is 527. The molecular formula is C11H12FN3O2. The summed E-state index contributed by atoms with van der Waals surface area (Å²) >= 11 is 0. The minimum Gasteiger partial charge on any atom is -0.494 e. The van der Waals surface area contributed by atoms with Crippen LogP contribution in [0.2, 0.25) is 0 Å². The molecule has 0 aliphatic rings. The van der Waals surface area contributed by atoms with E-state index in [0.29, 0.717) is 5.69 Å². The topological polar surface area (TPSA) is 60.2 Å². The van der Waals surface area contributed by atoms with Crippen molar-refractivity contribution in [2.45, 2.75) is 6.10 Å². The van der Waals surface area contributed by atoms with E-state index in [1.54, 1.807) is 13.1 Å². The minimum absolute atomic E-state index is 0.0884. The van der Waals surface area contributed by atoms with Gasteiger partial charge >= 0.3 is 0 Å². The van der Waals surface area contributed by atoms with Crippen LogP contribution in [0, 0.1) is 5.82 Å². The Hall–Kier alpha value is -1.95. The summed E-state index contributed by atoms with van der Waals surface area (Å²) in [6, 6.07) is 4.58. The molecule has 1 atom stereocenters. The number of hydrogen-bond acceptors (Lipinski definition) is 4. The van der Waals surface area contributed by atoms with E-state index in [2.05, 4.69) is 10.3 Å². The molecule has 0 saturated carbocycles. The van der Waals surface area contributed by atoms with Crippen LogP contribution in [-0.2, 0) is 7.05 Å². The summed E-state index contributed by atoms with van der Waals surface area (Å²) in [6.45, 7) is 0. The van der Waals surface area contributed by atoms with E-state index in [9.17, 15) is 9.50 Å². The van der Waals surface area contributed by atoms with Crippen molar-refractivity contribution in [2.24, 2.45) is 7.05 Å². The zero-order valence-corrected chi connectivity index (χ0v) is 9.46. The smallest absolute Gasteiger partial charge is 0.171 e. The van der Waals surface area contributed by atoms with Gasteiger partial charge in [-0.3, -0.25) is 4.68 Å². The van der Waals surface area contributed by atoms with E-state index in [-0.39, 0.29) is 11.3 Å². The molecule has 1 aromatic carbocycles. The van der Waals surface area contributed by atoms with Crippen LogP contribution in [0.1, 0.15) is 17.4 Å². The van der Waals surface area contributed by atoms with E-state index >= 15 is 0 Å². The number of aliphatic hydroxyl groups is 1. The molecular weight excluding hydrogens is 225 g/mol. The lowest BCUT2D eigenvalue weighted by atomic mass is 10.1. The Labute approximate surface area is 97.5 Å². The van der Waals surface area contributed by atoms with E-state index in [0.717, 1.165) is 0 Å². The van der Waals surface area contributed by atoms with E-state index in [1.165, 1.54) is 30.1 Å². The summed E-state index contributed by atoms with van der Waals surface area (Å²) in [5.74, 6) is -0.501. The molecule has 0 aliphatic heterocycles. The standard InChI is InChI=1S/C11H12FN3O2/c1-15-6-8(13-14-15)11(16)7-4-3-5-9(17-2)10(7)12/h3-6,11,16H,1-2H3. The van der Waals surface area contributed by atoms with Gasteiger partial charge in [-0.05, 0) is 6.07 Å². The molecule has 1 N–H and O–H groups in total. The zero-order chi connectivity index (χ0) is 12.4. The molecule has 0 saturated heterocycles. The summed E-state index contributed by atoms with van der Waals surface area (Å²) in [5.41, 5.74) is 0.407. The lowest BCUT2D eigenvalue weighted by molar-refractivity contribution is 0.208. The molecule has 1 aromatic heterocycles. The lowest BCUT2D eigenvalue weighted by Crippen LogP contribution is -2.04. The van der Waals surface area contributed by atoms with Gasteiger partial charge in [0.1, 0.15) is 11.8 Å². The second kappa shape index (κ2) is 4.50. The van der Waals surface area contributed by atoms with Crippen molar-refractivity contribution in [1.29, 1.82) is 0 Å². The first kappa shape index (κ1) is 11.5.